The van der Waals surface area contributed by atoms with Crippen molar-refractivity contribution < 1.29 is 9.53 Å². The lowest BCUT2D eigenvalue weighted by Gasteiger charge is -2.21. The molecular weight excluding hydrogens is 178 g/mol. The molecule has 1 heterocycles. The maximum Gasteiger partial charge on any atom is 0.219 e. The number of likely N-dealkylation sites (N-methyl/N-ethyl adjacent to an activating group) is 1. The van der Waals surface area contributed by atoms with E-state index in [1.54, 1.807) is 18.9 Å². The fourth-order valence-electron chi connectivity index (χ4n) is 1.69. The molecule has 1 aliphatic rings. The second kappa shape index (κ2) is 3.33. The molecule has 0 bridgehead atoms. The van der Waals surface area contributed by atoms with Crippen molar-refractivity contribution in [2.45, 2.75) is 13.0 Å². The Morgan fingerprint density at radius 1 is 1.50 bits per heavy atom. The smallest absolute Gasteiger partial charge is 0.219 e. The lowest BCUT2D eigenvalue weighted by atomic mass is 10.1. The third kappa shape index (κ3) is 1.35. The molecule has 1 aliphatic heterocycles. The van der Waals surface area contributed by atoms with Gasteiger partial charge in [0.2, 0.25) is 5.91 Å². The highest BCUT2D eigenvalue weighted by atomic mass is 16.5. The summed E-state index contributed by atoms with van der Waals surface area (Å²) in [6, 6.07) is 7.92. The van der Waals surface area contributed by atoms with Gasteiger partial charge >= 0.3 is 0 Å². The van der Waals surface area contributed by atoms with Gasteiger partial charge in [0.15, 0.2) is 0 Å². The van der Waals surface area contributed by atoms with Crippen LogP contribution < -0.4 is 4.74 Å². The Labute approximate surface area is 83.3 Å². The van der Waals surface area contributed by atoms with E-state index in [0.717, 1.165) is 11.3 Å². The van der Waals surface area contributed by atoms with E-state index in [2.05, 4.69) is 0 Å². The van der Waals surface area contributed by atoms with Crippen LogP contribution in [0.15, 0.2) is 24.3 Å². The average Bonchev–Trinajstić information content (AvgIpc) is 2.60. The zero-order chi connectivity index (χ0) is 10.1. The summed E-state index contributed by atoms with van der Waals surface area (Å²) < 4.78 is 5.49. The first-order valence-corrected chi connectivity index (χ1v) is 4.65. The van der Waals surface area contributed by atoms with Gasteiger partial charge in [-0.15, -0.1) is 0 Å². The fraction of sp³-hybridized carbons (Fsp3) is 0.364. The number of carbonyl (C=O) groups is 1. The van der Waals surface area contributed by atoms with Crippen LogP contribution in [0.5, 0.6) is 5.75 Å². The fourth-order valence-corrected chi connectivity index (χ4v) is 1.69. The number of carbonyl (C=O) groups excluding carboxylic acids is 1. The third-order valence-electron chi connectivity index (χ3n) is 2.64. The number of ether oxygens (including phenoxy) is 1. The van der Waals surface area contributed by atoms with Crippen LogP contribution in [0, 0.1) is 0 Å². The predicted molar refractivity (Wildman–Crippen MR) is 53.1 cm³/mol. The minimum atomic E-state index is 0.0651. The number of hydrogen-bond donors (Lipinski definition) is 0. The van der Waals surface area contributed by atoms with Gasteiger partial charge in [0.05, 0.1) is 6.04 Å². The summed E-state index contributed by atoms with van der Waals surface area (Å²) in [7, 11) is 1.80. The highest BCUT2D eigenvalue weighted by Crippen LogP contribution is 2.34. The highest BCUT2D eigenvalue weighted by molar-refractivity contribution is 5.73. The molecule has 0 radical (unpaired) electrons. The predicted octanol–water partition coefficient (Wildman–Crippen LogP) is 1.60. The summed E-state index contributed by atoms with van der Waals surface area (Å²) in [5.41, 5.74) is 1.10. The molecule has 74 valence electrons. The Hall–Kier alpha value is -1.51. The molecule has 1 amide bonds. The van der Waals surface area contributed by atoms with Crippen molar-refractivity contribution in [2.24, 2.45) is 0 Å². The highest BCUT2D eigenvalue weighted by Gasteiger charge is 2.28. The Kier molecular flexibility index (Phi) is 2.15. The van der Waals surface area contributed by atoms with Gasteiger partial charge < -0.3 is 9.64 Å². The molecule has 2 rings (SSSR count). The molecule has 1 unspecified atom stereocenters. The molecule has 0 fully saturated rings. The SMILES string of the molecule is CC(=O)N(C)C1COc2ccccc21. The molecule has 3 nitrogen and oxygen atoms in total. The maximum absolute atomic E-state index is 11.2. The minimum absolute atomic E-state index is 0.0651. The molecule has 0 saturated heterocycles. The van der Waals surface area contributed by atoms with Crippen molar-refractivity contribution in [1.29, 1.82) is 0 Å². The number of fused-ring (bicyclic) bond motifs is 1. The van der Waals surface area contributed by atoms with Crippen LogP contribution in [0.1, 0.15) is 18.5 Å². The van der Waals surface area contributed by atoms with E-state index in [1.807, 2.05) is 24.3 Å². The van der Waals surface area contributed by atoms with E-state index in [1.165, 1.54) is 0 Å². The Bertz CT molecular complexity index is 362. The van der Waals surface area contributed by atoms with E-state index in [0.29, 0.717) is 6.61 Å². The van der Waals surface area contributed by atoms with Gasteiger partial charge in [-0.25, -0.2) is 0 Å². The van der Waals surface area contributed by atoms with Crippen molar-refractivity contribution in [3.8, 4) is 5.75 Å². The average molecular weight is 191 g/mol. The second-order valence-electron chi connectivity index (χ2n) is 3.49. The summed E-state index contributed by atoms with van der Waals surface area (Å²) >= 11 is 0. The van der Waals surface area contributed by atoms with Crippen LogP contribution in [-0.4, -0.2) is 24.5 Å². The molecule has 0 spiro atoms. The number of para-hydroxylation sites is 1. The van der Waals surface area contributed by atoms with Crippen molar-refractivity contribution in [2.75, 3.05) is 13.7 Å². The van der Waals surface area contributed by atoms with Crippen LogP contribution in [0.25, 0.3) is 0 Å². The first kappa shape index (κ1) is 9.06. The standard InChI is InChI=1S/C11H13NO2/c1-8(13)12(2)10-7-14-11-6-4-3-5-9(10)11/h3-6,10H,7H2,1-2H3. The van der Waals surface area contributed by atoms with Crippen LogP contribution in [0.4, 0.5) is 0 Å². The summed E-state index contributed by atoms with van der Waals surface area (Å²) in [6.07, 6.45) is 0. The molecule has 0 aliphatic carbocycles. The number of amides is 1. The third-order valence-corrected chi connectivity index (χ3v) is 2.64. The van der Waals surface area contributed by atoms with Crippen LogP contribution in [0.2, 0.25) is 0 Å². The van der Waals surface area contributed by atoms with Gasteiger partial charge in [0.1, 0.15) is 12.4 Å². The topological polar surface area (TPSA) is 29.5 Å². The van der Waals surface area contributed by atoms with Crippen LogP contribution in [0.3, 0.4) is 0 Å². The van der Waals surface area contributed by atoms with Gasteiger partial charge in [0, 0.05) is 19.5 Å². The molecular formula is C11H13NO2. The van der Waals surface area contributed by atoms with E-state index in [9.17, 15) is 4.79 Å². The largest absolute Gasteiger partial charge is 0.491 e. The lowest BCUT2D eigenvalue weighted by molar-refractivity contribution is -0.129. The van der Waals surface area contributed by atoms with Crippen molar-refractivity contribution in [1.82, 2.24) is 4.90 Å². The van der Waals surface area contributed by atoms with Gasteiger partial charge in [-0.2, -0.15) is 0 Å². The minimum Gasteiger partial charge on any atom is -0.491 e. The number of hydrogen-bond acceptors (Lipinski definition) is 2. The molecule has 1 aromatic carbocycles. The number of rotatable bonds is 1. The van der Waals surface area contributed by atoms with E-state index in [-0.39, 0.29) is 11.9 Å². The van der Waals surface area contributed by atoms with Gasteiger partial charge in [-0.3, -0.25) is 4.79 Å². The van der Waals surface area contributed by atoms with E-state index < -0.39 is 0 Å². The zero-order valence-corrected chi connectivity index (χ0v) is 8.36. The lowest BCUT2D eigenvalue weighted by Crippen LogP contribution is -2.29. The Morgan fingerprint density at radius 3 is 2.93 bits per heavy atom. The summed E-state index contributed by atoms with van der Waals surface area (Å²) in [5.74, 6) is 0.959. The molecule has 14 heavy (non-hydrogen) atoms. The van der Waals surface area contributed by atoms with E-state index in [4.69, 9.17) is 4.74 Å². The number of benzene rings is 1. The van der Waals surface area contributed by atoms with Crippen molar-refractivity contribution in [3.63, 3.8) is 0 Å². The number of nitrogens with zero attached hydrogens (tertiary/aromatic N) is 1. The molecule has 1 atom stereocenters. The Balaban J connectivity index is 2.30. The first-order valence-electron chi connectivity index (χ1n) is 4.65. The molecule has 0 saturated carbocycles. The quantitative estimate of drug-likeness (QED) is 0.674. The second-order valence-corrected chi connectivity index (χ2v) is 3.49. The monoisotopic (exact) mass is 191 g/mol. The van der Waals surface area contributed by atoms with Gasteiger partial charge in [0.25, 0.3) is 0 Å². The molecule has 0 aromatic heterocycles. The zero-order valence-electron chi connectivity index (χ0n) is 8.36. The van der Waals surface area contributed by atoms with Crippen LogP contribution in [-0.2, 0) is 4.79 Å². The van der Waals surface area contributed by atoms with Gasteiger partial charge in [-0.1, -0.05) is 18.2 Å². The normalized spacial score (nSPS) is 18.6. The van der Waals surface area contributed by atoms with Crippen LogP contribution >= 0.6 is 0 Å². The summed E-state index contributed by atoms with van der Waals surface area (Å²) in [5, 5.41) is 0. The molecule has 3 heteroatoms. The molecule has 1 aromatic rings. The Morgan fingerprint density at radius 2 is 2.21 bits per heavy atom. The van der Waals surface area contributed by atoms with Gasteiger partial charge in [-0.05, 0) is 6.07 Å². The maximum atomic E-state index is 11.2. The summed E-state index contributed by atoms with van der Waals surface area (Å²) in [4.78, 5) is 12.9. The summed E-state index contributed by atoms with van der Waals surface area (Å²) in [6.45, 7) is 2.14. The van der Waals surface area contributed by atoms with E-state index >= 15 is 0 Å². The van der Waals surface area contributed by atoms with Crippen molar-refractivity contribution in [3.05, 3.63) is 29.8 Å². The van der Waals surface area contributed by atoms with Crippen molar-refractivity contribution >= 4 is 5.91 Å². The molecule has 0 N–H and O–H groups in total. The first-order chi connectivity index (χ1) is 6.70.